The molecule has 21 heavy (non-hydrogen) atoms. The summed E-state index contributed by atoms with van der Waals surface area (Å²) in [6.07, 6.45) is 1.86. The summed E-state index contributed by atoms with van der Waals surface area (Å²) in [6.45, 7) is 0. The van der Waals surface area contributed by atoms with E-state index >= 15 is 0 Å². The maximum atomic E-state index is 13.2. The smallest absolute Gasteiger partial charge is 0.258 e. The molecule has 0 spiro atoms. The molecule has 1 fully saturated rings. The molecule has 0 aliphatic heterocycles. The molecule has 0 heterocycles. The van der Waals surface area contributed by atoms with Crippen molar-refractivity contribution >= 4 is 15.7 Å². The molecule has 1 aromatic rings. The van der Waals surface area contributed by atoms with Crippen LogP contribution in [0.25, 0.3) is 0 Å². The van der Waals surface area contributed by atoms with E-state index in [0.29, 0.717) is 18.9 Å². The van der Waals surface area contributed by atoms with Crippen LogP contribution in [0.2, 0.25) is 0 Å². The van der Waals surface area contributed by atoms with Gasteiger partial charge in [-0.05, 0) is 25.0 Å². The zero-order valence-electron chi connectivity index (χ0n) is 10.8. The zero-order valence-corrected chi connectivity index (χ0v) is 11.6. The van der Waals surface area contributed by atoms with Gasteiger partial charge < -0.3 is 0 Å². The Balaban J connectivity index is 2.30. The molecule has 0 saturated heterocycles. The normalized spacial score (nSPS) is 21.9. The molecular weight excluding hydrogens is 301 g/mol. The first-order valence-electron chi connectivity index (χ1n) is 6.21. The van der Waals surface area contributed by atoms with Crippen molar-refractivity contribution in [1.29, 1.82) is 5.26 Å². The number of halogens is 1. The van der Waals surface area contributed by atoms with Crippen LogP contribution in [0.15, 0.2) is 23.1 Å². The van der Waals surface area contributed by atoms with Gasteiger partial charge in [-0.15, -0.1) is 0 Å². The minimum absolute atomic E-state index is 0.390. The van der Waals surface area contributed by atoms with Gasteiger partial charge >= 0.3 is 5.69 Å². The van der Waals surface area contributed by atoms with Crippen molar-refractivity contribution in [1.82, 2.24) is 4.72 Å². The first-order chi connectivity index (χ1) is 9.85. The molecule has 112 valence electrons. The van der Waals surface area contributed by atoms with Gasteiger partial charge in [0.2, 0.25) is 15.8 Å². The standard InChI is InChI=1S/C12H12FN3O4S/c13-10-5-4-9(6-12(10)16(17)18)21(19,20)15-11-3-1-2-8(11)7-14/h4-6,8,11,15H,1-3H2. The van der Waals surface area contributed by atoms with Crippen molar-refractivity contribution in [2.75, 3.05) is 0 Å². The number of hydrogen-bond acceptors (Lipinski definition) is 5. The van der Waals surface area contributed by atoms with E-state index in [2.05, 4.69) is 4.72 Å². The van der Waals surface area contributed by atoms with Crippen LogP contribution in [0.3, 0.4) is 0 Å². The van der Waals surface area contributed by atoms with Gasteiger partial charge in [0.1, 0.15) is 0 Å². The largest absolute Gasteiger partial charge is 0.306 e. The van der Waals surface area contributed by atoms with Gasteiger partial charge in [-0.3, -0.25) is 10.1 Å². The van der Waals surface area contributed by atoms with Crippen molar-refractivity contribution in [3.05, 3.63) is 34.1 Å². The molecule has 1 aliphatic carbocycles. The van der Waals surface area contributed by atoms with Crippen molar-refractivity contribution in [2.24, 2.45) is 5.92 Å². The van der Waals surface area contributed by atoms with Gasteiger partial charge in [-0.2, -0.15) is 9.65 Å². The molecule has 2 unspecified atom stereocenters. The molecular formula is C12H12FN3O4S. The number of nitro groups is 1. The summed E-state index contributed by atoms with van der Waals surface area (Å²) in [5, 5.41) is 19.6. The Labute approximate surface area is 120 Å². The Hall–Kier alpha value is -2.05. The van der Waals surface area contributed by atoms with Crippen LogP contribution in [0.4, 0.5) is 10.1 Å². The third kappa shape index (κ3) is 3.17. The maximum Gasteiger partial charge on any atom is 0.306 e. The molecule has 0 radical (unpaired) electrons. The van der Waals surface area contributed by atoms with Crippen molar-refractivity contribution in [3.8, 4) is 6.07 Å². The first kappa shape index (κ1) is 15.3. The molecule has 0 bridgehead atoms. The van der Waals surface area contributed by atoms with E-state index in [9.17, 15) is 22.9 Å². The van der Waals surface area contributed by atoms with Gasteiger partial charge in [-0.25, -0.2) is 13.1 Å². The fourth-order valence-electron chi connectivity index (χ4n) is 2.32. The van der Waals surface area contributed by atoms with E-state index in [0.717, 1.165) is 18.6 Å². The highest BCUT2D eigenvalue weighted by molar-refractivity contribution is 7.89. The molecule has 9 heteroatoms. The van der Waals surface area contributed by atoms with Crippen LogP contribution in [0, 0.1) is 33.2 Å². The highest BCUT2D eigenvalue weighted by atomic mass is 32.2. The van der Waals surface area contributed by atoms with Crippen LogP contribution in [0.1, 0.15) is 19.3 Å². The van der Waals surface area contributed by atoms with Crippen LogP contribution >= 0.6 is 0 Å². The molecule has 2 rings (SSSR count). The quantitative estimate of drug-likeness (QED) is 0.671. The van der Waals surface area contributed by atoms with Gasteiger partial charge in [-0.1, -0.05) is 6.42 Å². The van der Waals surface area contributed by atoms with Gasteiger partial charge in [0.05, 0.1) is 21.8 Å². The minimum Gasteiger partial charge on any atom is -0.258 e. The van der Waals surface area contributed by atoms with Crippen LogP contribution in [-0.2, 0) is 10.0 Å². The lowest BCUT2D eigenvalue weighted by atomic mass is 10.1. The average molecular weight is 313 g/mol. The lowest BCUT2D eigenvalue weighted by Gasteiger charge is -2.15. The molecule has 1 saturated carbocycles. The number of hydrogen-bond donors (Lipinski definition) is 1. The summed E-state index contributed by atoms with van der Waals surface area (Å²) in [5.41, 5.74) is -0.902. The lowest BCUT2D eigenvalue weighted by Crippen LogP contribution is -2.36. The predicted molar refractivity (Wildman–Crippen MR) is 70.1 cm³/mol. The number of benzene rings is 1. The fraction of sp³-hybridized carbons (Fsp3) is 0.417. The molecule has 0 amide bonds. The van der Waals surface area contributed by atoms with Crippen molar-refractivity contribution in [3.63, 3.8) is 0 Å². The Kier molecular flexibility index (Phi) is 4.20. The van der Waals surface area contributed by atoms with Crippen LogP contribution < -0.4 is 4.72 Å². The van der Waals surface area contributed by atoms with E-state index < -0.39 is 38.4 Å². The fourth-order valence-corrected chi connectivity index (χ4v) is 3.65. The Morgan fingerprint density at radius 1 is 1.43 bits per heavy atom. The van der Waals surface area contributed by atoms with Gasteiger partial charge in [0.25, 0.3) is 0 Å². The predicted octanol–water partition coefficient (Wildman–Crippen LogP) is 1.70. The zero-order chi connectivity index (χ0) is 15.6. The second-order valence-corrected chi connectivity index (χ2v) is 6.48. The number of nitro benzene ring substituents is 1. The molecule has 0 aromatic heterocycles. The van der Waals surface area contributed by atoms with E-state index in [1.807, 2.05) is 6.07 Å². The average Bonchev–Trinajstić information content (AvgIpc) is 2.85. The summed E-state index contributed by atoms with van der Waals surface area (Å²) in [5.74, 6) is -1.52. The number of nitriles is 1. The van der Waals surface area contributed by atoms with Crippen molar-refractivity contribution < 1.29 is 17.7 Å². The first-order valence-corrected chi connectivity index (χ1v) is 7.69. The molecule has 1 N–H and O–H groups in total. The van der Waals surface area contributed by atoms with Crippen LogP contribution in [0.5, 0.6) is 0 Å². The summed E-state index contributed by atoms with van der Waals surface area (Å²) in [4.78, 5) is 9.28. The van der Waals surface area contributed by atoms with E-state index in [-0.39, 0.29) is 4.90 Å². The highest BCUT2D eigenvalue weighted by Gasteiger charge is 2.32. The molecule has 2 atom stereocenters. The number of rotatable bonds is 4. The Morgan fingerprint density at radius 3 is 2.76 bits per heavy atom. The third-order valence-corrected chi connectivity index (χ3v) is 4.90. The number of nitrogens with one attached hydrogen (secondary N) is 1. The second-order valence-electron chi connectivity index (χ2n) is 4.76. The van der Waals surface area contributed by atoms with E-state index in [1.54, 1.807) is 0 Å². The van der Waals surface area contributed by atoms with Gasteiger partial charge in [0, 0.05) is 12.1 Å². The number of sulfonamides is 1. The van der Waals surface area contributed by atoms with E-state index in [1.165, 1.54) is 0 Å². The summed E-state index contributed by atoms with van der Waals surface area (Å²) < 4.78 is 39.9. The summed E-state index contributed by atoms with van der Waals surface area (Å²) in [7, 11) is -4.03. The molecule has 1 aromatic carbocycles. The third-order valence-electron chi connectivity index (χ3n) is 3.41. The Morgan fingerprint density at radius 2 is 2.14 bits per heavy atom. The Bertz CT molecular complexity index is 714. The SMILES string of the molecule is N#CC1CCCC1NS(=O)(=O)c1ccc(F)c([N+](=O)[O-])c1. The number of nitrogens with zero attached hydrogens (tertiary/aromatic N) is 2. The highest BCUT2D eigenvalue weighted by Crippen LogP contribution is 2.27. The second kappa shape index (κ2) is 5.75. The van der Waals surface area contributed by atoms with Crippen LogP contribution in [-0.4, -0.2) is 19.4 Å². The summed E-state index contributed by atoms with van der Waals surface area (Å²) in [6, 6.07) is 3.88. The summed E-state index contributed by atoms with van der Waals surface area (Å²) >= 11 is 0. The topological polar surface area (TPSA) is 113 Å². The lowest BCUT2D eigenvalue weighted by molar-refractivity contribution is -0.387. The van der Waals surface area contributed by atoms with Gasteiger partial charge in [0.15, 0.2) is 0 Å². The monoisotopic (exact) mass is 313 g/mol. The minimum atomic E-state index is -4.03. The maximum absolute atomic E-state index is 13.2. The van der Waals surface area contributed by atoms with Crippen molar-refractivity contribution in [2.45, 2.75) is 30.2 Å². The van der Waals surface area contributed by atoms with E-state index in [4.69, 9.17) is 5.26 Å². The molecule has 7 nitrogen and oxygen atoms in total. The molecule has 1 aliphatic rings.